The molecule has 0 radical (unpaired) electrons. The van der Waals surface area contributed by atoms with Gasteiger partial charge >= 0.3 is 0 Å². The average molecular weight is 265 g/mol. The van der Waals surface area contributed by atoms with Gasteiger partial charge in [0.2, 0.25) is 0 Å². The van der Waals surface area contributed by atoms with Gasteiger partial charge in [-0.15, -0.1) is 0 Å². The predicted molar refractivity (Wildman–Crippen MR) is 80.1 cm³/mol. The van der Waals surface area contributed by atoms with Crippen LogP contribution in [0.3, 0.4) is 0 Å². The number of ether oxygens (including phenoxy) is 2. The summed E-state index contributed by atoms with van der Waals surface area (Å²) in [4.78, 5) is 0. The molecule has 1 atom stereocenters. The third-order valence-electron chi connectivity index (χ3n) is 3.18. The van der Waals surface area contributed by atoms with E-state index in [-0.39, 0.29) is 6.04 Å². The van der Waals surface area contributed by atoms with Gasteiger partial charge in [-0.1, -0.05) is 32.9 Å². The van der Waals surface area contributed by atoms with Crippen molar-refractivity contribution >= 4 is 0 Å². The molecule has 0 heterocycles. The Morgan fingerprint density at radius 3 is 2.53 bits per heavy atom. The maximum atomic E-state index is 5.95. The Kier molecular flexibility index (Phi) is 6.89. The zero-order valence-corrected chi connectivity index (χ0v) is 12.8. The molecule has 1 N–H and O–H groups in total. The largest absolute Gasteiger partial charge is 0.492 e. The van der Waals surface area contributed by atoms with Gasteiger partial charge < -0.3 is 14.8 Å². The topological polar surface area (TPSA) is 30.5 Å². The molecule has 1 aromatic carbocycles. The van der Waals surface area contributed by atoms with Crippen LogP contribution in [0.5, 0.6) is 5.75 Å². The Labute approximate surface area is 117 Å². The van der Waals surface area contributed by atoms with Crippen LogP contribution in [0.4, 0.5) is 0 Å². The summed E-state index contributed by atoms with van der Waals surface area (Å²) in [5.74, 6) is 1.50. The second kappa shape index (κ2) is 8.18. The molecule has 0 aliphatic carbocycles. The number of nitrogens with one attached hydrogen (secondary N) is 1. The molecular weight excluding hydrogens is 238 g/mol. The van der Waals surface area contributed by atoms with E-state index in [0.29, 0.717) is 19.1 Å². The van der Waals surface area contributed by atoms with Gasteiger partial charge in [0.05, 0.1) is 12.6 Å². The second-order valence-electron chi connectivity index (χ2n) is 5.20. The average Bonchev–Trinajstić information content (AvgIpc) is 2.37. The lowest BCUT2D eigenvalue weighted by molar-refractivity contribution is 0.136. The fourth-order valence-electron chi connectivity index (χ4n) is 1.98. The van der Waals surface area contributed by atoms with Crippen LogP contribution in [-0.4, -0.2) is 32.9 Å². The molecule has 0 spiro atoms. The minimum absolute atomic E-state index is 0.233. The highest BCUT2D eigenvalue weighted by Crippen LogP contribution is 2.24. The lowest BCUT2D eigenvalue weighted by atomic mass is 10.0. The van der Waals surface area contributed by atoms with E-state index in [0.717, 1.165) is 12.3 Å². The summed E-state index contributed by atoms with van der Waals surface area (Å²) in [7, 11) is 1.72. The van der Waals surface area contributed by atoms with Crippen LogP contribution in [0.15, 0.2) is 18.2 Å². The number of rotatable bonds is 8. The number of likely N-dealkylation sites (N-methyl/N-ethyl adjacent to an activating group) is 1. The highest BCUT2D eigenvalue weighted by Gasteiger charge is 2.10. The number of aryl methyl sites for hydroxylation is 1. The Morgan fingerprint density at radius 1 is 1.21 bits per heavy atom. The lowest BCUT2D eigenvalue weighted by Gasteiger charge is -2.19. The highest BCUT2D eigenvalue weighted by atomic mass is 16.5. The van der Waals surface area contributed by atoms with Crippen molar-refractivity contribution < 1.29 is 9.47 Å². The zero-order chi connectivity index (χ0) is 14.3. The quantitative estimate of drug-likeness (QED) is 0.783. The summed E-state index contributed by atoms with van der Waals surface area (Å²) in [5, 5.41) is 3.36. The maximum absolute atomic E-state index is 5.95. The van der Waals surface area contributed by atoms with Gasteiger partial charge in [-0.3, -0.25) is 0 Å². The monoisotopic (exact) mass is 265 g/mol. The van der Waals surface area contributed by atoms with Crippen LogP contribution in [0, 0.1) is 6.92 Å². The maximum Gasteiger partial charge on any atom is 0.122 e. The fraction of sp³-hybridized carbons (Fsp3) is 0.625. The molecule has 0 aliphatic heterocycles. The third kappa shape index (κ3) is 5.21. The molecule has 19 heavy (non-hydrogen) atoms. The van der Waals surface area contributed by atoms with E-state index in [4.69, 9.17) is 9.47 Å². The fourth-order valence-corrected chi connectivity index (χ4v) is 1.98. The number of hydrogen-bond acceptors (Lipinski definition) is 3. The minimum atomic E-state index is 0.233. The molecule has 0 saturated carbocycles. The summed E-state index contributed by atoms with van der Waals surface area (Å²) in [6, 6.07) is 6.68. The second-order valence-corrected chi connectivity index (χ2v) is 5.20. The van der Waals surface area contributed by atoms with Gasteiger partial charge in [-0.2, -0.15) is 0 Å². The minimum Gasteiger partial charge on any atom is -0.492 e. The van der Waals surface area contributed by atoms with E-state index < -0.39 is 0 Å². The van der Waals surface area contributed by atoms with Crippen molar-refractivity contribution in [2.45, 2.75) is 39.7 Å². The van der Waals surface area contributed by atoms with Crippen LogP contribution in [0.25, 0.3) is 0 Å². The highest BCUT2D eigenvalue weighted by molar-refractivity contribution is 5.37. The van der Waals surface area contributed by atoms with Crippen LogP contribution in [0.2, 0.25) is 0 Å². The van der Waals surface area contributed by atoms with E-state index in [1.807, 2.05) is 0 Å². The number of hydrogen-bond donors (Lipinski definition) is 1. The van der Waals surface area contributed by atoms with Gasteiger partial charge in [0.15, 0.2) is 0 Å². The van der Waals surface area contributed by atoms with Crippen LogP contribution in [0.1, 0.15) is 37.8 Å². The predicted octanol–water partition coefficient (Wildman–Crippen LogP) is 3.12. The SMILES string of the molecule is CCNC(COC)COc1cc(C(C)C)ccc1C. The van der Waals surface area contributed by atoms with Gasteiger partial charge in [-0.05, 0) is 36.6 Å². The first-order valence-electron chi connectivity index (χ1n) is 7.04. The number of benzene rings is 1. The Hall–Kier alpha value is -1.06. The molecule has 0 fully saturated rings. The lowest BCUT2D eigenvalue weighted by Crippen LogP contribution is -2.38. The van der Waals surface area contributed by atoms with Crippen molar-refractivity contribution in [3.8, 4) is 5.75 Å². The first-order valence-corrected chi connectivity index (χ1v) is 7.04. The van der Waals surface area contributed by atoms with Crippen LogP contribution < -0.4 is 10.1 Å². The van der Waals surface area contributed by atoms with Crippen molar-refractivity contribution in [3.05, 3.63) is 29.3 Å². The smallest absolute Gasteiger partial charge is 0.122 e. The standard InChI is InChI=1S/C16H27NO2/c1-6-17-15(10-18-5)11-19-16-9-14(12(2)3)8-7-13(16)4/h7-9,12,15,17H,6,10-11H2,1-5H3. The van der Waals surface area contributed by atoms with Gasteiger partial charge in [0.25, 0.3) is 0 Å². The molecule has 1 unspecified atom stereocenters. The molecule has 0 amide bonds. The van der Waals surface area contributed by atoms with E-state index >= 15 is 0 Å². The van der Waals surface area contributed by atoms with Gasteiger partial charge in [0, 0.05) is 7.11 Å². The van der Waals surface area contributed by atoms with Crippen LogP contribution in [-0.2, 0) is 4.74 Å². The van der Waals surface area contributed by atoms with Crippen molar-refractivity contribution in [2.75, 3.05) is 26.9 Å². The molecular formula is C16H27NO2. The van der Waals surface area contributed by atoms with Gasteiger partial charge in [0.1, 0.15) is 12.4 Å². The molecule has 108 valence electrons. The van der Waals surface area contributed by atoms with E-state index in [9.17, 15) is 0 Å². The van der Waals surface area contributed by atoms with Crippen molar-refractivity contribution in [1.82, 2.24) is 5.32 Å². The van der Waals surface area contributed by atoms with Gasteiger partial charge in [-0.25, -0.2) is 0 Å². The molecule has 3 heteroatoms. The first-order chi connectivity index (χ1) is 9.08. The summed E-state index contributed by atoms with van der Waals surface area (Å²) in [6.45, 7) is 10.8. The normalized spacial score (nSPS) is 12.7. The molecule has 0 bridgehead atoms. The molecule has 0 aromatic heterocycles. The number of methoxy groups -OCH3 is 1. The third-order valence-corrected chi connectivity index (χ3v) is 3.18. The zero-order valence-electron chi connectivity index (χ0n) is 12.8. The molecule has 1 rings (SSSR count). The Balaban J connectivity index is 2.67. The Bertz CT molecular complexity index is 371. The summed E-state index contributed by atoms with van der Waals surface area (Å²) in [6.07, 6.45) is 0. The molecule has 0 aliphatic rings. The van der Waals surface area contributed by atoms with E-state index in [1.54, 1.807) is 7.11 Å². The molecule has 3 nitrogen and oxygen atoms in total. The summed E-state index contributed by atoms with van der Waals surface area (Å²) < 4.78 is 11.1. The van der Waals surface area contributed by atoms with E-state index in [1.165, 1.54) is 11.1 Å². The molecule has 0 saturated heterocycles. The first kappa shape index (κ1) is 16.0. The van der Waals surface area contributed by atoms with Crippen LogP contribution >= 0.6 is 0 Å². The van der Waals surface area contributed by atoms with Crippen molar-refractivity contribution in [2.24, 2.45) is 0 Å². The van der Waals surface area contributed by atoms with Crippen molar-refractivity contribution in [1.29, 1.82) is 0 Å². The summed E-state index contributed by atoms with van der Waals surface area (Å²) >= 11 is 0. The van der Waals surface area contributed by atoms with Crippen molar-refractivity contribution in [3.63, 3.8) is 0 Å². The van der Waals surface area contributed by atoms with E-state index in [2.05, 4.69) is 51.2 Å². The summed E-state index contributed by atoms with van der Waals surface area (Å²) in [5.41, 5.74) is 2.49. The molecule has 1 aromatic rings. The Morgan fingerprint density at radius 2 is 1.95 bits per heavy atom.